The van der Waals surface area contributed by atoms with Crippen LogP contribution >= 0.6 is 0 Å². The van der Waals surface area contributed by atoms with Crippen molar-refractivity contribution in [1.29, 1.82) is 0 Å². The van der Waals surface area contributed by atoms with Gasteiger partial charge in [0.15, 0.2) is 11.5 Å². The number of nitrogens with one attached hydrogen (secondary N) is 1. The number of aliphatic imine (C=N–C) groups is 1. The Kier molecular flexibility index (Phi) is 3.81. The zero-order chi connectivity index (χ0) is 16.6. The van der Waals surface area contributed by atoms with Crippen LogP contribution in [-0.4, -0.2) is 34.0 Å². The molecule has 1 aliphatic heterocycles. The molecule has 0 aromatic carbocycles. The number of hydrogen-bond donors (Lipinski definition) is 2. The minimum absolute atomic E-state index is 0.0921. The molecular formula is C15H19N5O3. The van der Waals surface area contributed by atoms with E-state index >= 15 is 0 Å². The third-order valence-electron chi connectivity index (χ3n) is 3.82. The van der Waals surface area contributed by atoms with Gasteiger partial charge in [-0.25, -0.2) is 9.67 Å². The second kappa shape index (κ2) is 5.79. The van der Waals surface area contributed by atoms with E-state index in [0.717, 1.165) is 0 Å². The highest BCUT2D eigenvalue weighted by Gasteiger charge is 2.24. The molecule has 0 amide bonds. The molecule has 1 aromatic heterocycles. The Morgan fingerprint density at radius 1 is 1.26 bits per heavy atom. The minimum atomic E-state index is -0.303. The van der Waals surface area contributed by atoms with E-state index in [2.05, 4.69) is 10.3 Å². The molecule has 2 heterocycles. The molecule has 122 valence electrons. The maximum absolute atomic E-state index is 12.4. The number of rotatable bonds is 3. The molecule has 0 radical (unpaired) electrons. The van der Waals surface area contributed by atoms with Crippen LogP contribution in [0.5, 0.6) is 0 Å². The van der Waals surface area contributed by atoms with Crippen molar-refractivity contribution in [3.63, 3.8) is 0 Å². The first-order valence-electron chi connectivity index (χ1n) is 7.59. The van der Waals surface area contributed by atoms with Gasteiger partial charge in [0, 0.05) is 31.8 Å². The van der Waals surface area contributed by atoms with Gasteiger partial charge in [-0.3, -0.25) is 14.3 Å². The molecular weight excluding hydrogens is 298 g/mol. The molecule has 0 unspecified atom stereocenters. The summed E-state index contributed by atoms with van der Waals surface area (Å²) < 4.78 is 8.67. The van der Waals surface area contributed by atoms with Crippen LogP contribution in [0.1, 0.15) is 13.8 Å². The largest absolute Gasteiger partial charge is 0.490 e. The Bertz CT molecular complexity index is 810. The number of carbonyl (C=O) groups is 1. The standard InChI is InChI=1S/C15H19N5O3/c1-3-19-14(16)13(15(22)20(19)4-2)18-9-8-12-10(7-11(9)21)17-5-6-23-12/h7-8,17H,3-6,16H2,1-2H3/b18-9-. The summed E-state index contributed by atoms with van der Waals surface area (Å²) in [5.41, 5.74) is 6.61. The van der Waals surface area contributed by atoms with Crippen LogP contribution in [0.3, 0.4) is 0 Å². The summed E-state index contributed by atoms with van der Waals surface area (Å²) in [7, 11) is 0. The number of ether oxygens (including phenoxy) is 1. The average molecular weight is 317 g/mol. The SMILES string of the molecule is CCn1c(N)c(/N=C2/C=C3OCCNC3=CC2=O)c(=O)n1CC. The van der Waals surface area contributed by atoms with Crippen molar-refractivity contribution in [3.05, 3.63) is 34.0 Å². The number of nitrogens with two attached hydrogens (primary N) is 1. The van der Waals surface area contributed by atoms with Crippen LogP contribution in [0, 0.1) is 0 Å². The van der Waals surface area contributed by atoms with Gasteiger partial charge in [0.2, 0.25) is 5.78 Å². The number of anilines is 1. The summed E-state index contributed by atoms with van der Waals surface area (Å²) >= 11 is 0. The Morgan fingerprint density at radius 3 is 2.65 bits per heavy atom. The van der Waals surface area contributed by atoms with Crippen LogP contribution < -0.4 is 16.6 Å². The van der Waals surface area contributed by atoms with E-state index in [9.17, 15) is 9.59 Å². The summed E-state index contributed by atoms with van der Waals surface area (Å²) in [4.78, 5) is 28.9. The first kappa shape index (κ1) is 15.1. The molecule has 1 aliphatic carbocycles. The summed E-state index contributed by atoms with van der Waals surface area (Å²) in [6.07, 6.45) is 2.97. The zero-order valence-corrected chi connectivity index (χ0v) is 13.1. The predicted molar refractivity (Wildman–Crippen MR) is 86.7 cm³/mol. The van der Waals surface area contributed by atoms with Crippen molar-refractivity contribution in [1.82, 2.24) is 14.7 Å². The minimum Gasteiger partial charge on any atom is -0.490 e. The number of ketones is 1. The summed E-state index contributed by atoms with van der Waals surface area (Å²) in [6.45, 7) is 5.94. The van der Waals surface area contributed by atoms with Gasteiger partial charge in [0.05, 0.1) is 5.70 Å². The van der Waals surface area contributed by atoms with Gasteiger partial charge in [0.1, 0.15) is 18.1 Å². The number of hydrogen-bond acceptors (Lipinski definition) is 6. The Labute approximate surface area is 132 Å². The molecule has 2 aliphatic rings. The molecule has 1 saturated heterocycles. The number of nitrogens with zero attached hydrogens (tertiary/aromatic N) is 3. The number of carbonyl (C=O) groups excluding carboxylic acids is 1. The highest BCUT2D eigenvalue weighted by atomic mass is 16.5. The molecule has 0 bridgehead atoms. The van der Waals surface area contributed by atoms with Crippen molar-refractivity contribution < 1.29 is 9.53 Å². The molecule has 8 heteroatoms. The third kappa shape index (κ3) is 2.45. The number of allylic oxidation sites excluding steroid dienone is 2. The molecule has 0 atom stereocenters. The monoisotopic (exact) mass is 317 g/mol. The van der Waals surface area contributed by atoms with Crippen LogP contribution in [-0.2, 0) is 22.6 Å². The van der Waals surface area contributed by atoms with E-state index in [0.29, 0.717) is 37.7 Å². The lowest BCUT2D eigenvalue weighted by molar-refractivity contribution is -0.109. The number of aromatic nitrogens is 2. The quantitative estimate of drug-likeness (QED) is 0.781. The summed E-state index contributed by atoms with van der Waals surface area (Å²) in [5, 5.41) is 3.09. The van der Waals surface area contributed by atoms with Crippen molar-refractivity contribution in [3.8, 4) is 0 Å². The molecule has 8 nitrogen and oxygen atoms in total. The van der Waals surface area contributed by atoms with Crippen LogP contribution in [0.25, 0.3) is 0 Å². The van der Waals surface area contributed by atoms with Crippen molar-refractivity contribution >= 4 is 23.0 Å². The second-order valence-electron chi connectivity index (χ2n) is 5.17. The number of nitrogen functional groups attached to an aromatic ring is 1. The second-order valence-corrected chi connectivity index (χ2v) is 5.17. The Morgan fingerprint density at radius 2 is 2.00 bits per heavy atom. The maximum Gasteiger partial charge on any atom is 0.294 e. The fourth-order valence-corrected chi connectivity index (χ4v) is 2.72. The van der Waals surface area contributed by atoms with E-state index in [1.54, 1.807) is 10.8 Å². The normalized spacial score (nSPS) is 18.9. The van der Waals surface area contributed by atoms with Gasteiger partial charge >= 0.3 is 0 Å². The van der Waals surface area contributed by atoms with Gasteiger partial charge in [0.25, 0.3) is 5.56 Å². The van der Waals surface area contributed by atoms with Crippen LogP contribution in [0.2, 0.25) is 0 Å². The summed E-state index contributed by atoms with van der Waals surface area (Å²) in [6, 6.07) is 0. The van der Waals surface area contributed by atoms with Gasteiger partial charge in [-0.15, -0.1) is 0 Å². The van der Waals surface area contributed by atoms with Crippen molar-refractivity contribution in [2.75, 3.05) is 18.9 Å². The van der Waals surface area contributed by atoms with E-state index in [1.807, 2.05) is 13.8 Å². The van der Waals surface area contributed by atoms with Crippen LogP contribution in [0.4, 0.5) is 11.5 Å². The first-order valence-corrected chi connectivity index (χ1v) is 7.59. The molecule has 3 N–H and O–H groups in total. The lowest BCUT2D eigenvalue weighted by Gasteiger charge is -2.23. The van der Waals surface area contributed by atoms with E-state index in [1.165, 1.54) is 10.8 Å². The highest BCUT2D eigenvalue weighted by molar-refractivity contribution is 6.49. The van der Waals surface area contributed by atoms with Gasteiger partial charge in [-0.2, -0.15) is 0 Å². The molecule has 3 rings (SSSR count). The van der Waals surface area contributed by atoms with Gasteiger partial charge in [-0.05, 0) is 13.8 Å². The highest BCUT2D eigenvalue weighted by Crippen LogP contribution is 2.22. The molecule has 0 spiro atoms. The van der Waals surface area contributed by atoms with Gasteiger partial charge < -0.3 is 15.8 Å². The fraction of sp³-hybridized carbons (Fsp3) is 0.400. The number of morpholine rings is 1. The molecule has 1 fully saturated rings. The van der Waals surface area contributed by atoms with E-state index < -0.39 is 0 Å². The first-order chi connectivity index (χ1) is 11.1. The van der Waals surface area contributed by atoms with Crippen LogP contribution in [0.15, 0.2) is 33.4 Å². The lowest BCUT2D eigenvalue weighted by Crippen LogP contribution is -2.31. The number of fused-ring (bicyclic) bond motifs is 1. The van der Waals surface area contributed by atoms with E-state index in [4.69, 9.17) is 10.5 Å². The van der Waals surface area contributed by atoms with Crippen molar-refractivity contribution in [2.24, 2.45) is 4.99 Å². The summed E-state index contributed by atoms with van der Waals surface area (Å²) in [5.74, 6) is 0.530. The zero-order valence-electron chi connectivity index (χ0n) is 13.1. The topological polar surface area (TPSA) is 104 Å². The lowest BCUT2D eigenvalue weighted by atomic mass is 10.1. The smallest absolute Gasteiger partial charge is 0.294 e. The molecule has 1 aromatic rings. The van der Waals surface area contributed by atoms with E-state index in [-0.39, 0.29) is 28.6 Å². The average Bonchev–Trinajstić information content (AvgIpc) is 2.78. The maximum atomic E-state index is 12.4. The third-order valence-corrected chi connectivity index (χ3v) is 3.82. The Balaban J connectivity index is 2.08. The Hall–Kier alpha value is -2.77. The molecule has 23 heavy (non-hydrogen) atoms. The fourth-order valence-electron chi connectivity index (χ4n) is 2.72. The predicted octanol–water partition coefficient (Wildman–Crippen LogP) is 0.315. The van der Waals surface area contributed by atoms with Crippen molar-refractivity contribution in [2.45, 2.75) is 26.9 Å². The van der Waals surface area contributed by atoms with Gasteiger partial charge in [-0.1, -0.05) is 0 Å². The molecule has 0 saturated carbocycles.